The SMILES string of the molecule is Cc1nc(CCl)c(C(=O)O)cc1C(F)F. The third-order valence-corrected chi connectivity index (χ3v) is 2.18. The van der Waals surface area contributed by atoms with Gasteiger partial charge in [0.1, 0.15) is 0 Å². The molecule has 15 heavy (non-hydrogen) atoms. The largest absolute Gasteiger partial charge is 0.478 e. The highest BCUT2D eigenvalue weighted by Gasteiger charge is 2.18. The second-order valence-corrected chi connectivity index (χ2v) is 3.16. The zero-order valence-corrected chi connectivity index (χ0v) is 8.55. The van der Waals surface area contributed by atoms with Crippen LogP contribution < -0.4 is 0 Å². The monoisotopic (exact) mass is 235 g/mol. The Morgan fingerprint density at radius 3 is 2.67 bits per heavy atom. The molecule has 3 nitrogen and oxygen atoms in total. The summed E-state index contributed by atoms with van der Waals surface area (Å²) in [5.74, 6) is -1.42. The summed E-state index contributed by atoms with van der Waals surface area (Å²) < 4.78 is 24.9. The summed E-state index contributed by atoms with van der Waals surface area (Å²) in [6.07, 6.45) is -2.74. The molecule has 0 fully saturated rings. The zero-order chi connectivity index (χ0) is 11.6. The fourth-order valence-electron chi connectivity index (χ4n) is 1.18. The predicted molar refractivity (Wildman–Crippen MR) is 50.4 cm³/mol. The topological polar surface area (TPSA) is 50.2 Å². The van der Waals surface area contributed by atoms with Crippen LogP contribution in [0.1, 0.15) is 33.7 Å². The summed E-state index contributed by atoms with van der Waals surface area (Å²) in [7, 11) is 0. The molecule has 1 aromatic heterocycles. The predicted octanol–water partition coefficient (Wildman–Crippen LogP) is 2.76. The van der Waals surface area contributed by atoms with Gasteiger partial charge in [-0.25, -0.2) is 13.6 Å². The molecule has 82 valence electrons. The van der Waals surface area contributed by atoms with Crippen LogP contribution >= 0.6 is 11.6 Å². The standard InChI is InChI=1S/C9H8ClF2NO2/c1-4-5(8(11)12)2-6(9(14)15)7(3-10)13-4/h2,8H,3H2,1H3,(H,14,15). The van der Waals surface area contributed by atoms with E-state index in [1.807, 2.05) is 0 Å². The van der Waals surface area contributed by atoms with Gasteiger partial charge in [-0.1, -0.05) is 0 Å². The second-order valence-electron chi connectivity index (χ2n) is 2.90. The highest BCUT2D eigenvalue weighted by atomic mass is 35.5. The number of carbonyl (C=O) groups is 1. The number of rotatable bonds is 3. The minimum absolute atomic E-state index is 0.102. The van der Waals surface area contributed by atoms with Crippen molar-refractivity contribution >= 4 is 17.6 Å². The molecular formula is C9H8ClF2NO2. The van der Waals surface area contributed by atoms with E-state index in [2.05, 4.69) is 4.98 Å². The van der Waals surface area contributed by atoms with E-state index in [4.69, 9.17) is 16.7 Å². The maximum atomic E-state index is 12.4. The fourth-order valence-corrected chi connectivity index (χ4v) is 1.38. The zero-order valence-electron chi connectivity index (χ0n) is 7.80. The van der Waals surface area contributed by atoms with E-state index in [1.165, 1.54) is 6.92 Å². The number of carboxylic acids is 1. The summed E-state index contributed by atoms with van der Waals surface area (Å²) in [6, 6.07) is 0.924. The molecule has 0 amide bonds. The van der Waals surface area contributed by atoms with Crippen LogP contribution in [0.4, 0.5) is 8.78 Å². The van der Waals surface area contributed by atoms with Gasteiger partial charge < -0.3 is 5.11 Å². The van der Waals surface area contributed by atoms with Crippen molar-refractivity contribution in [3.63, 3.8) is 0 Å². The van der Waals surface area contributed by atoms with Gasteiger partial charge >= 0.3 is 5.97 Å². The molecule has 1 rings (SSSR count). The first-order chi connectivity index (χ1) is 6.97. The molecule has 1 aromatic rings. The highest BCUT2D eigenvalue weighted by molar-refractivity contribution is 6.17. The van der Waals surface area contributed by atoms with E-state index >= 15 is 0 Å². The number of pyridine rings is 1. The van der Waals surface area contributed by atoms with Crippen molar-refractivity contribution in [1.29, 1.82) is 0 Å². The Morgan fingerprint density at radius 2 is 2.27 bits per heavy atom. The molecule has 1 heterocycles. The molecular weight excluding hydrogens is 228 g/mol. The van der Waals surface area contributed by atoms with Crippen LogP contribution in [0.15, 0.2) is 6.07 Å². The summed E-state index contributed by atoms with van der Waals surface area (Å²) in [4.78, 5) is 14.5. The van der Waals surface area contributed by atoms with E-state index in [9.17, 15) is 13.6 Å². The molecule has 0 saturated carbocycles. The Morgan fingerprint density at radius 1 is 1.67 bits per heavy atom. The molecule has 0 saturated heterocycles. The molecule has 0 radical (unpaired) electrons. The summed E-state index contributed by atoms with van der Waals surface area (Å²) in [5, 5.41) is 8.75. The van der Waals surface area contributed by atoms with Crippen molar-refractivity contribution in [3.05, 3.63) is 28.6 Å². The lowest BCUT2D eigenvalue weighted by atomic mass is 10.1. The molecule has 0 aliphatic rings. The van der Waals surface area contributed by atoms with Gasteiger partial charge in [-0.2, -0.15) is 0 Å². The first-order valence-corrected chi connectivity index (χ1v) is 4.58. The molecule has 6 heteroatoms. The molecule has 0 bridgehead atoms. The lowest BCUT2D eigenvalue weighted by Crippen LogP contribution is -2.07. The average molecular weight is 236 g/mol. The molecule has 0 spiro atoms. The summed E-state index contributed by atoms with van der Waals surface area (Å²) in [5.41, 5.74) is -0.441. The third-order valence-electron chi connectivity index (χ3n) is 1.92. The van der Waals surface area contributed by atoms with E-state index in [1.54, 1.807) is 0 Å². The number of nitrogens with zero attached hydrogens (tertiary/aromatic N) is 1. The normalized spacial score (nSPS) is 10.7. The number of aryl methyl sites for hydroxylation is 1. The number of hydrogen-bond donors (Lipinski definition) is 1. The van der Waals surface area contributed by atoms with E-state index in [-0.39, 0.29) is 28.4 Å². The van der Waals surface area contributed by atoms with Crippen LogP contribution in [-0.4, -0.2) is 16.1 Å². The number of aromatic carboxylic acids is 1. The van der Waals surface area contributed by atoms with Crippen LogP contribution in [0.3, 0.4) is 0 Å². The van der Waals surface area contributed by atoms with Crippen LogP contribution in [0.25, 0.3) is 0 Å². The lowest BCUT2D eigenvalue weighted by molar-refractivity contribution is 0.0695. The van der Waals surface area contributed by atoms with Crippen LogP contribution in [0.2, 0.25) is 0 Å². The van der Waals surface area contributed by atoms with E-state index in [0.29, 0.717) is 0 Å². The van der Waals surface area contributed by atoms with Crippen LogP contribution in [0.5, 0.6) is 0 Å². The third kappa shape index (κ3) is 2.41. The van der Waals surface area contributed by atoms with Crippen LogP contribution in [-0.2, 0) is 5.88 Å². The fraction of sp³-hybridized carbons (Fsp3) is 0.333. The van der Waals surface area contributed by atoms with Crippen molar-refractivity contribution in [1.82, 2.24) is 4.98 Å². The summed E-state index contributed by atoms with van der Waals surface area (Å²) >= 11 is 5.47. The lowest BCUT2D eigenvalue weighted by Gasteiger charge is -2.08. The summed E-state index contributed by atoms with van der Waals surface area (Å²) in [6.45, 7) is 1.39. The molecule has 0 aliphatic heterocycles. The van der Waals surface area contributed by atoms with Gasteiger partial charge in [0.2, 0.25) is 0 Å². The molecule has 1 N–H and O–H groups in total. The van der Waals surface area contributed by atoms with Crippen LogP contribution in [0, 0.1) is 6.92 Å². The number of alkyl halides is 3. The first kappa shape index (κ1) is 11.8. The van der Waals surface area contributed by atoms with Gasteiger partial charge in [-0.3, -0.25) is 4.98 Å². The van der Waals surface area contributed by atoms with Crippen molar-refractivity contribution in [2.24, 2.45) is 0 Å². The number of hydrogen-bond acceptors (Lipinski definition) is 2. The Balaban J connectivity index is 3.37. The highest BCUT2D eigenvalue weighted by Crippen LogP contribution is 2.24. The van der Waals surface area contributed by atoms with Gasteiger partial charge in [0.15, 0.2) is 0 Å². The second kappa shape index (κ2) is 4.53. The smallest absolute Gasteiger partial charge is 0.337 e. The maximum Gasteiger partial charge on any atom is 0.337 e. The molecule has 0 aromatic carbocycles. The quantitative estimate of drug-likeness (QED) is 0.820. The van der Waals surface area contributed by atoms with Crippen molar-refractivity contribution in [3.8, 4) is 0 Å². The Hall–Kier alpha value is -1.23. The number of carboxylic acid groups (broad SMARTS) is 1. The van der Waals surface area contributed by atoms with E-state index < -0.39 is 12.4 Å². The first-order valence-electron chi connectivity index (χ1n) is 4.05. The van der Waals surface area contributed by atoms with Gasteiger partial charge in [0.25, 0.3) is 6.43 Å². The Labute approximate surface area is 89.7 Å². The minimum atomic E-state index is -2.74. The maximum absolute atomic E-state index is 12.4. The van der Waals surface area contributed by atoms with Gasteiger partial charge in [-0.05, 0) is 13.0 Å². The number of halogens is 3. The van der Waals surface area contributed by atoms with E-state index in [0.717, 1.165) is 6.07 Å². The molecule has 0 unspecified atom stereocenters. The Bertz CT molecular complexity index is 396. The van der Waals surface area contributed by atoms with Crippen molar-refractivity contribution in [2.75, 3.05) is 0 Å². The average Bonchev–Trinajstić information content (AvgIpc) is 2.16. The number of aromatic nitrogens is 1. The van der Waals surface area contributed by atoms with Crippen molar-refractivity contribution in [2.45, 2.75) is 19.2 Å². The Kier molecular flexibility index (Phi) is 3.57. The van der Waals surface area contributed by atoms with Gasteiger partial charge in [-0.15, -0.1) is 11.6 Å². The minimum Gasteiger partial charge on any atom is -0.478 e. The molecule has 0 atom stereocenters. The van der Waals surface area contributed by atoms with Crippen molar-refractivity contribution < 1.29 is 18.7 Å². The van der Waals surface area contributed by atoms with Gasteiger partial charge in [0.05, 0.1) is 17.1 Å². The molecule has 0 aliphatic carbocycles. The van der Waals surface area contributed by atoms with Gasteiger partial charge in [0, 0.05) is 11.3 Å².